The zero-order valence-electron chi connectivity index (χ0n) is 15.9. The van der Waals surface area contributed by atoms with Crippen molar-refractivity contribution >= 4 is 51.5 Å². The summed E-state index contributed by atoms with van der Waals surface area (Å²) in [6.07, 6.45) is 0. The summed E-state index contributed by atoms with van der Waals surface area (Å²) in [5.41, 5.74) is 1.58. The van der Waals surface area contributed by atoms with Gasteiger partial charge in [-0.15, -0.1) is 11.3 Å². The van der Waals surface area contributed by atoms with Crippen LogP contribution in [0.3, 0.4) is 0 Å². The molecule has 0 fully saturated rings. The van der Waals surface area contributed by atoms with Crippen LogP contribution in [0, 0.1) is 0 Å². The number of rotatable bonds is 7. The Morgan fingerprint density at radius 1 is 1.07 bits per heavy atom. The van der Waals surface area contributed by atoms with E-state index in [0.717, 1.165) is 5.56 Å². The molecule has 0 saturated heterocycles. The summed E-state index contributed by atoms with van der Waals surface area (Å²) in [6.45, 7) is -0.483. The Morgan fingerprint density at radius 3 is 2.53 bits per heavy atom. The lowest BCUT2D eigenvalue weighted by Gasteiger charge is -2.08. The summed E-state index contributed by atoms with van der Waals surface area (Å²) in [5.74, 6) is -0.0763. The maximum atomic E-state index is 12.1. The average Bonchev–Trinajstić information content (AvgIpc) is 3.19. The van der Waals surface area contributed by atoms with E-state index in [1.165, 1.54) is 29.5 Å². The molecule has 0 bridgehead atoms. The smallest absolute Gasteiger partial charge is 0.340 e. The highest BCUT2D eigenvalue weighted by molar-refractivity contribution is 7.14. The zero-order chi connectivity index (χ0) is 21.7. The highest BCUT2D eigenvalue weighted by Crippen LogP contribution is 2.33. The number of thiazole rings is 1. The number of ether oxygens (including phenoxy) is 3. The third kappa shape index (κ3) is 5.21. The summed E-state index contributed by atoms with van der Waals surface area (Å²) in [6, 6.07) is 9.76. The predicted octanol–water partition coefficient (Wildman–Crippen LogP) is 4.93. The third-order valence-electron chi connectivity index (χ3n) is 3.92. The van der Waals surface area contributed by atoms with Crippen LogP contribution < -0.4 is 14.8 Å². The number of methoxy groups -OCH3 is 2. The van der Waals surface area contributed by atoms with Gasteiger partial charge in [-0.25, -0.2) is 9.78 Å². The minimum Gasteiger partial charge on any atom is -0.493 e. The fourth-order valence-electron chi connectivity index (χ4n) is 2.48. The Hall–Kier alpha value is -2.81. The summed E-state index contributed by atoms with van der Waals surface area (Å²) in [5, 5.41) is 5.29. The third-order valence-corrected chi connectivity index (χ3v) is 5.22. The van der Waals surface area contributed by atoms with Crippen molar-refractivity contribution in [2.45, 2.75) is 0 Å². The molecule has 0 atom stereocenters. The topological polar surface area (TPSA) is 86.8 Å². The van der Waals surface area contributed by atoms with Gasteiger partial charge in [-0.05, 0) is 36.4 Å². The molecular weight excluding hydrogens is 451 g/mol. The van der Waals surface area contributed by atoms with E-state index in [-0.39, 0.29) is 10.6 Å². The highest BCUT2D eigenvalue weighted by Gasteiger charge is 2.15. The van der Waals surface area contributed by atoms with Gasteiger partial charge in [0.05, 0.1) is 30.5 Å². The molecule has 0 aliphatic carbocycles. The van der Waals surface area contributed by atoms with Crippen molar-refractivity contribution in [2.24, 2.45) is 0 Å². The molecule has 3 aromatic rings. The van der Waals surface area contributed by atoms with Gasteiger partial charge in [-0.3, -0.25) is 10.1 Å². The van der Waals surface area contributed by atoms with Gasteiger partial charge < -0.3 is 14.2 Å². The number of aromatic nitrogens is 1. The van der Waals surface area contributed by atoms with Crippen molar-refractivity contribution < 1.29 is 23.8 Å². The molecule has 1 amide bonds. The molecule has 3 rings (SSSR count). The number of hydrogen-bond donors (Lipinski definition) is 1. The van der Waals surface area contributed by atoms with Crippen molar-refractivity contribution in [3.8, 4) is 22.8 Å². The maximum absolute atomic E-state index is 12.1. The first-order chi connectivity index (χ1) is 14.4. The van der Waals surface area contributed by atoms with Crippen LogP contribution in [0.15, 0.2) is 41.8 Å². The zero-order valence-corrected chi connectivity index (χ0v) is 18.2. The highest BCUT2D eigenvalue weighted by atomic mass is 35.5. The van der Waals surface area contributed by atoms with E-state index in [1.54, 1.807) is 31.7 Å². The molecular formula is C20H16Cl2N2O5S. The first-order valence-corrected chi connectivity index (χ1v) is 10.1. The monoisotopic (exact) mass is 466 g/mol. The number of anilines is 1. The first kappa shape index (κ1) is 21.9. The number of nitrogens with zero attached hydrogens (tertiary/aromatic N) is 1. The molecule has 0 aliphatic rings. The summed E-state index contributed by atoms with van der Waals surface area (Å²) in [4.78, 5) is 28.5. The fraction of sp³-hybridized carbons (Fsp3) is 0.150. The van der Waals surface area contributed by atoms with Crippen LogP contribution in [0.25, 0.3) is 11.3 Å². The Bertz CT molecular complexity index is 1090. The SMILES string of the molecule is COc1ccc(-c2csc(NC(=O)COC(=O)c3ccc(Cl)cc3Cl)n2)cc1OC. The van der Waals surface area contributed by atoms with Gasteiger partial charge >= 0.3 is 5.97 Å². The molecule has 0 unspecified atom stereocenters. The van der Waals surface area contributed by atoms with Gasteiger partial charge in [0, 0.05) is 16.0 Å². The van der Waals surface area contributed by atoms with Crippen molar-refractivity contribution in [1.82, 2.24) is 4.98 Å². The Balaban J connectivity index is 1.60. The van der Waals surface area contributed by atoms with Crippen molar-refractivity contribution in [1.29, 1.82) is 0 Å². The standard InChI is InChI=1S/C20H16Cl2N2O5S/c1-27-16-6-3-11(7-17(16)28-2)15-10-30-20(23-15)24-18(25)9-29-19(26)13-5-4-12(21)8-14(13)22/h3-8,10H,9H2,1-2H3,(H,23,24,25). The van der Waals surface area contributed by atoms with E-state index in [2.05, 4.69) is 10.3 Å². The van der Waals surface area contributed by atoms with Gasteiger partial charge in [-0.2, -0.15) is 0 Å². The number of esters is 1. The molecule has 10 heteroatoms. The van der Waals surface area contributed by atoms with Crippen LogP contribution in [-0.4, -0.2) is 37.7 Å². The minimum absolute atomic E-state index is 0.124. The Morgan fingerprint density at radius 2 is 1.83 bits per heavy atom. The largest absolute Gasteiger partial charge is 0.493 e. The van der Waals surface area contributed by atoms with Crippen LogP contribution in [0.5, 0.6) is 11.5 Å². The molecule has 0 aliphatic heterocycles. The summed E-state index contributed by atoms with van der Waals surface area (Å²) in [7, 11) is 3.11. The second-order valence-corrected chi connectivity index (χ2v) is 7.56. The number of benzene rings is 2. The molecule has 7 nitrogen and oxygen atoms in total. The molecule has 156 valence electrons. The van der Waals surface area contributed by atoms with Gasteiger partial charge in [0.1, 0.15) is 0 Å². The molecule has 0 saturated carbocycles. The van der Waals surface area contributed by atoms with E-state index in [9.17, 15) is 9.59 Å². The molecule has 1 N–H and O–H groups in total. The molecule has 1 heterocycles. The summed E-state index contributed by atoms with van der Waals surface area (Å²) < 4.78 is 15.5. The van der Waals surface area contributed by atoms with E-state index in [4.69, 9.17) is 37.4 Å². The van der Waals surface area contributed by atoms with Crippen molar-refractivity contribution in [2.75, 3.05) is 26.1 Å². The molecule has 2 aromatic carbocycles. The normalized spacial score (nSPS) is 10.4. The van der Waals surface area contributed by atoms with Crippen LogP contribution in [0.1, 0.15) is 10.4 Å². The van der Waals surface area contributed by atoms with Crippen LogP contribution in [-0.2, 0) is 9.53 Å². The molecule has 1 aromatic heterocycles. The van der Waals surface area contributed by atoms with E-state index in [0.29, 0.717) is 27.3 Å². The predicted molar refractivity (Wildman–Crippen MR) is 116 cm³/mol. The molecule has 30 heavy (non-hydrogen) atoms. The average molecular weight is 467 g/mol. The lowest BCUT2D eigenvalue weighted by Crippen LogP contribution is -2.21. The summed E-state index contributed by atoms with van der Waals surface area (Å²) >= 11 is 13.0. The fourth-order valence-corrected chi connectivity index (χ4v) is 3.70. The second kappa shape index (κ2) is 9.80. The molecule has 0 spiro atoms. The first-order valence-electron chi connectivity index (χ1n) is 8.51. The van der Waals surface area contributed by atoms with Gasteiger partial charge in [0.2, 0.25) is 0 Å². The lowest BCUT2D eigenvalue weighted by atomic mass is 10.1. The van der Waals surface area contributed by atoms with Crippen LogP contribution in [0.4, 0.5) is 5.13 Å². The lowest BCUT2D eigenvalue weighted by molar-refractivity contribution is -0.119. The number of halogens is 2. The quantitative estimate of drug-likeness (QED) is 0.496. The van der Waals surface area contributed by atoms with Gasteiger partial charge in [0.15, 0.2) is 23.2 Å². The maximum Gasteiger partial charge on any atom is 0.340 e. The van der Waals surface area contributed by atoms with E-state index in [1.807, 2.05) is 6.07 Å². The van der Waals surface area contributed by atoms with Gasteiger partial charge in [-0.1, -0.05) is 23.2 Å². The van der Waals surface area contributed by atoms with Crippen molar-refractivity contribution in [3.63, 3.8) is 0 Å². The second-order valence-electron chi connectivity index (χ2n) is 5.86. The van der Waals surface area contributed by atoms with E-state index >= 15 is 0 Å². The van der Waals surface area contributed by atoms with Gasteiger partial charge in [0.25, 0.3) is 5.91 Å². The minimum atomic E-state index is -0.725. The number of carbonyl (C=O) groups is 2. The number of carbonyl (C=O) groups excluding carboxylic acids is 2. The Kier molecular flexibility index (Phi) is 7.15. The van der Waals surface area contributed by atoms with E-state index < -0.39 is 18.5 Å². The number of amides is 1. The molecule has 0 radical (unpaired) electrons. The number of hydrogen-bond acceptors (Lipinski definition) is 7. The van der Waals surface area contributed by atoms with Crippen LogP contribution in [0.2, 0.25) is 10.0 Å². The Labute approximate surface area is 186 Å². The number of nitrogens with one attached hydrogen (secondary N) is 1. The van der Waals surface area contributed by atoms with Crippen LogP contribution >= 0.6 is 34.5 Å². The van der Waals surface area contributed by atoms with Crippen molar-refractivity contribution in [3.05, 3.63) is 57.4 Å².